The molecule has 0 saturated carbocycles. The Hall–Kier alpha value is -1.05. The second-order valence-electron chi connectivity index (χ2n) is 1.07. The summed E-state index contributed by atoms with van der Waals surface area (Å²) in [4.78, 5) is 3.76. The van der Waals surface area contributed by atoms with Crippen LogP contribution in [0.5, 0.6) is 0 Å². The Kier molecular flexibility index (Phi) is 1.28. The summed E-state index contributed by atoms with van der Waals surface area (Å²) in [6.07, 6.45) is 9.48. The molecule has 0 aliphatic carbocycles. The zero-order chi connectivity index (χ0) is 4.95. The fourth-order valence-corrected chi connectivity index (χ4v) is 0.306. The van der Waals surface area contributed by atoms with Gasteiger partial charge < -0.3 is 5.32 Å². The van der Waals surface area contributed by atoms with Crippen LogP contribution in [0, 0.1) is 6.08 Å². The lowest BCUT2D eigenvalue weighted by Crippen LogP contribution is -1.97. The average molecular weight is 93.1 g/mol. The molecule has 7 heavy (non-hydrogen) atoms. The topological polar surface area (TPSA) is 24.4 Å². The SMILES string of the molecule is [C]1=CNC=NC=C1. The fourth-order valence-electron chi connectivity index (χ4n) is 0.306. The van der Waals surface area contributed by atoms with E-state index in [9.17, 15) is 0 Å². The number of allylic oxidation sites excluding steroid dienone is 2. The third-order valence-electron chi connectivity index (χ3n) is 0.573. The molecule has 2 nitrogen and oxygen atoms in total. The Morgan fingerprint density at radius 1 is 1.57 bits per heavy atom. The van der Waals surface area contributed by atoms with E-state index in [0.29, 0.717) is 0 Å². The lowest BCUT2D eigenvalue weighted by Gasteiger charge is -1.77. The highest BCUT2D eigenvalue weighted by Gasteiger charge is 1.69. The molecule has 0 aromatic heterocycles. The molecule has 1 rings (SSSR count). The molecule has 35 valence electrons. The maximum absolute atomic E-state index is 3.76. The number of hydrogen-bond acceptors (Lipinski definition) is 2. The van der Waals surface area contributed by atoms with Gasteiger partial charge >= 0.3 is 0 Å². The zero-order valence-corrected chi connectivity index (χ0v) is 3.76. The Balaban J connectivity index is 2.60. The van der Waals surface area contributed by atoms with Crippen LogP contribution in [0.4, 0.5) is 0 Å². The van der Waals surface area contributed by atoms with Crippen LogP contribution in [0.1, 0.15) is 0 Å². The van der Waals surface area contributed by atoms with Gasteiger partial charge in [0.15, 0.2) is 0 Å². The average Bonchev–Trinajstić information content (AvgIpc) is 1.90. The first-order valence-electron chi connectivity index (χ1n) is 2.00. The first-order valence-corrected chi connectivity index (χ1v) is 2.00. The lowest BCUT2D eigenvalue weighted by atomic mass is 10.6. The minimum atomic E-state index is 1.59. The lowest BCUT2D eigenvalue weighted by molar-refractivity contribution is 1.31. The molecule has 1 heterocycles. The van der Waals surface area contributed by atoms with E-state index in [-0.39, 0.29) is 0 Å². The molecule has 1 N–H and O–H groups in total. The van der Waals surface area contributed by atoms with Gasteiger partial charge in [0, 0.05) is 18.5 Å². The molecule has 0 atom stereocenters. The molecule has 0 spiro atoms. The molecule has 0 fully saturated rings. The Bertz CT molecular complexity index is 108. The molecule has 0 aromatic rings. The minimum absolute atomic E-state index is 1.59. The van der Waals surface area contributed by atoms with Crippen LogP contribution in [0.25, 0.3) is 0 Å². The van der Waals surface area contributed by atoms with Crippen molar-refractivity contribution in [3.8, 4) is 0 Å². The van der Waals surface area contributed by atoms with Crippen molar-refractivity contribution >= 4 is 6.34 Å². The quantitative estimate of drug-likeness (QED) is 0.462. The highest BCUT2D eigenvalue weighted by Crippen LogP contribution is 1.76. The van der Waals surface area contributed by atoms with Crippen molar-refractivity contribution in [3.05, 3.63) is 24.6 Å². The van der Waals surface area contributed by atoms with Crippen molar-refractivity contribution in [1.29, 1.82) is 0 Å². The van der Waals surface area contributed by atoms with Crippen molar-refractivity contribution in [1.82, 2.24) is 5.32 Å². The summed E-state index contributed by atoms with van der Waals surface area (Å²) in [5.74, 6) is 0. The summed E-state index contributed by atoms with van der Waals surface area (Å²) in [7, 11) is 0. The van der Waals surface area contributed by atoms with E-state index in [4.69, 9.17) is 0 Å². The first kappa shape index (κ1) is 4.12. The van der Waals surface area contributed by atoms with E-state index in [0.717, 1.165) is 0 Å². The standard InChI is InChI=1S/C5H5N2/c1-2-4-7-5-6-3-1/h1,3-5H,(H,6,7). The van der Waals surface area contributed by atoms with Crippen molar-refractivity contribution in [2.45, 2.75) is 0 Å². The summed E-state index contributed by atoms with van der Waals surface area (Å²) in [6, 6.07) is 0. The third kappa shape index (κ3) is 1.22. The molecule has 0 bridgehead atoms. The molecular weight excluding hydrogens is 88.1 g/mol. The normalized spacial score (nSPS) is 16.0. The summed E-state index contributed by atoms with van der Waals surface area (Å²) in [5.41, 5.74) is 0. The van der Waals surface area contributed by atoms with Gasteiger partial charge in [-0.3, -0.25) is 0 Å². The van der Waals surface area contributed by atoms with Crippen LogP contribution in [-0.2, 0) is 0 Å². The second kappa shape index (κ2) is 2.18. The number of nitrogens with one attached hydrogen (secondary N) is 1. The molecule has 0 saturated heterocycles. The highest BCUT2D eigenvalue weighted by atomic mass is 14.9. The van der Waals surface area contributed by atoms with Gasteiger partial charge in [0.1, 0.15) is 0 Å². The Morgan fingerprint density at radius 2 is 2.57 bits per heavy atom. The van der Waals surface area contributed by atoms with Gasteiger partial charge in [-0.15, -0.1) is 0 Å². The largest absolute Gasteiger partial charge is 0.352 e. The van der Waals surface area contributed by atoms with Crippen LogP contribution in [0.2, 0.25) is 0 Å². The molecule has 1 radical (unpaired) electrons. The highest BCUT2D eigenvalue weighted by molar-refractivity contribution is 5.57. The van der Waals surface area contributed by atoms with E-state index in [1.54, 1.807) is 24.8 Å². The molecule has 1 aliphatic heterocycles. The molecule has 1 aliphatic rings. The van der Waals surface area contributed by atoms with Crippen LogP contribution < -0.4 is 5.32 Å². The number of rotatable bonds is 0. The van der Waals surface area contributed by atoms with Crippen LogP contribution >= 0.6 is 0 Å². The smallest absolute Gasteiger partial charge is 0.0918 e. The Labute approximate surface area is 42.3 Å². The summed E-state index contributed by atoms with van der Waals surface area (Å²) in [6.45, 7) is 0. The summed E-state index contributed by atoms with van der Waals surface area (Å²) >= 11 is 0. The van der Waals surface area contributed by atoms with Crippen LogP contribution in [-0.4, -0.2) is 6.34 Å². The minimum Gasteiger partial charge on any atom is -0.352 e. The Morgan fingerprint density at radius 3 is 3.57 bits per heavy atom. The maximum Gasteiger partial charge on any atom is 0.0918 e. The molecule has 0 aromatic carbocycles. The number of nitrogens with zero attached hydrogens (tertiary/aromatic N) is 1. The van der Waals surface area contributed by atoms with Crippen molar-refractivity contribution in [2.24, 2.45) is 4.99 Å². The molecular formula is C5H5N2. The van der Waals surface area contributed by atoms with E-state index in [1.807, 2.05) is 0 Å². The van der Waals surface area contributed by atoms with Gasteiger partial charge in [-0.2, -0.15) is 0 Å². The van der Waals surface area contributed by atoms with Gasteiger partial charge in [0.25, 0.3) is 0 Å². The molecule has 0 unspecified atom stereocenters. The molecule has 0 amide bonds. The van der Waals surface area contributed by atoms with Crippen molar-refractivity contribution < 1.29 is 0 Å². The summed E-state index contributed by atoms with van der Waals surface area (Å²) < 4.78 is 0. The zero-order valence-electron chi connectivity index (χ0n) is 3.76. The summed E-state index contributed by atoms with van der Waals surface area (Å²) in [5, 5.41) is 2.76. The van der Waals surface area contributed by atoms with Gasteiger partial charge in [0.2, 0.25) is 0 Å². The second-order valence-corrected chi connectivity index (χ2v) is 1.07. The van der Waals surface area contributed by atoms with Crippen LogP contribution in [0.15, 0.2) is 23.5 Å². The van der Waals surface area contributed by atoms with Gasteiger partial charge in [0.05, 0.1) is 6.34 Å². The van der Waals surface area contributed by atoms with Gasteiger partial charge in [-0.1, -0.05) is 0 Å². The fraction of sp³-hybridized carbons (Fsp3) is 0. The predicted molar refractivity (Wildman–Crippen MR) is 28.6 cm³/mol. The van der Waals surface area contributed by atoms with Crippen LogP contribution in [0.3, 0.4) is 0 Å². The van der Waals surface area contributed by atoms with E-state index < -0.39 is 0 Å². The predicted octanol–water partition coefficient (Wildman–Crippen LogP) is 0.448. The van der Waals surface area contributed by atoms with Crippen molar-refractivity contribution in [2.75, 3.05) is 0 Å². The monoisotopic (exact) mass is 93.0 g/mol. The number of hydrogen-bond donors (Lipinski definition) is 1. The van der Waals surface area contributed by atoms with E-state index in [1.165, 1.54) is 0 Å². The van der Waals surface area contributed by atoms with E-state index in [2.05, 4.69) is 16.4 Å². The van der Waals surface area contributed by atoms with Crippen molar-refractivity contribution in [3.63, 3.8) is 0 Å². The van der Waals surface area contributed by atoms with E-state index >= 15 is 0 Å². The third-order valence-corrected chi connectivity index (χ3v) is 0.573. The number of aliphatic imine (C=N–C) groups is 1. The van der Waals surface area contributed by atoms with Gasteiger partial charge in [-0.25, -0.2) is 4.99 Å². The molecule has 2 heteroatoms. The van der Waals surface area contributed by atoms with Gasteiger partial charge in [-0.05, 0) is 6.08 Å². The first-order chi connectivity index (χ1) is 3.50. The maximum atomic E-state index is 3.76.